The Labute approximate surface area is 254 Å². The molecule has 0 unspecified atom stereocenters. The highest BCUT2D eigenvalue weighted by Crippen LogP contribution is 2.37. The number of aromatic amines is 1. The first kappa shape index (κ1) is 30.3. The lowest BCUT2D eigenvalue weighted by Crippen LogP contribution is -2.40. The molecule has 0 atom stereocenters. The van der Waals surface area contributed by atoms with Crippen molar-refractivity contribution in [2.24, 2.45) is 0 Å². The predicted octanol–water partition coefficient (Wildman–Crippen LogP) is 5.57. The summed E-state index contributed by atoms with van der Waals surface area (Å²) in [4.78, 5) is 31.3. The number of fused-ring (bicyclic) bond motifs is 1. The van der Waals surface area contributed by atoms with Gasteiger partial charge in [0.15, 0.2) is 9.84 Å². The zero-order valence-corrected chi connectivity index (χ0v) is 25.5. The van der Waals surface area contributed by atoms with Crippen LogP contribution in [0.5, 0.6) is 0 Å². The highest BCUT2D eigenvalue weighted by atomic mass is 35.5. The van der Waals surface area contributed by atoms with Gasteiger partial charge in [-0.05, 0) is 68.7 Å². The monoisotopic (exact) mass is 632 g/mol. The molecule has 1 fully saturated rings. The molecule has 0 spiro atoms. The first-order valence-corrected chi connectivity index (χ1v) is 16.0. The van der Waals surface area contributed by atoms with Crippen molar-refractivity contribution >= 4 is 62.2 Å². The molecule has 3 N–H and O–H groups in total. The number of sulfone groups is 1. The molecular formula is C30H31Cl2FN4O4S. The van der Waals surface area contributed by atoms with E-state index in [1.807, 2.05) is 0 Å². The molecule has 0 aliphatic carbocycles. The summed E-state index contributed by atoms with van der Waals surface area (Å²) in [6.45, 7) is 6.00. The Bertz CT molecular complexity index is 1670. The van der Waals surface area contributed by atoms with Crippen LogP contribution >= 0.6 is 23.2 Å². The SMILES string of the molecule is Cc1[nH]c(/C=C2\C(=O)Nc3ccc(S(=O)(=O)Cc4c(Cl)cccc4Cl)cc32)c(C)c1C(=O)NCCN1CCC(F)CC1. The molecule has 2 aliphatic rings. The van der Waals surface area contributed by atoms with Gasteiger partial charge in [0, 0.05) is 64.4 Å². The molecule has 0 bridgehead atoms. The molecule has 2 aliphatic heterocycles. The van der Waals surface area contributed by atoms with E-state index in [0.29, 0.717) is 78.3 Å². The highest BCUT2D eigenvalue weighted by Gasteiger charge is 2.29. The van der Waals surface area contributed by atoms with Crippen LogP contribution in [0, 0.1) is 13.8 Å². The van der Waals surface area contributed by atoms with Crippen LogP contribution < -0.4 is 10.6 Å². The number of alkyl halides is 1. The van der Waals surface area contributed by atoms with E-state index in [2.05, 4.69) is 20.5 Å². The van der Waals surface area contributed by atoms with Crippen LogP contribution in [0.25, 0.3) is 11.6 Å². The number of hydrogen-bond donors (Lipinski definition) is 3. The van der Waals surface area contributed by atoms with Crippen LogP contribution in [0.15, 0.2) is 41.3 Å². The van der Waals surface area contributed by atoms with Gasteiger partial charge in [-0.1, -0.05) is 29.3 Å². The number of piperidine rings is 1. The number of halogens is 3. The Morgan fingerprint density at radius 3 is 2.52 bits per heavy atom. The van der Waals surface area contributed by atoms with Crippen molar-refractivity contribution in [1.82, 2.24) is 15.2 Å². The summed E-state index contributed by atoms with van der Waals surface area (Å²) in [6.07, 6.45) is 1.91. The molecule has 0 radical (unpaired) electrons. The van der Waals surface area contributed by atoms with Crippen LogP contribution in [0.1, 0.15) is 51.3 Å². The number of anilines is 1. The largest absolute Gasteiger partial charge is 0.358 e. The van der Waals surface area contributed by atoms with Crippen LogP contribution in [-0.2, 0) is 20.4 Å². The number of rotatable bonds is 8. The lowest BCUT2D eigenvalue weighted by atomic mass is 10.0. The minimum atomic E-state index is -3.85. The molecule has 1 aromatic heterocycles. The van der Waals surface area contributed by atoms with Crippen LogP contribution in [-0.4, -0.2) is 62.5 Å². The van der Waals surface area contributed by atoms with Crippen molar-refractivity contribution in [1.29, 1.82) is 0 Å². The van der Waals surface area contributed by atoms with Crippen LogP contribution in [0.3, 0.4) is 0 Å². The number of benzene rings is 2. The molecule has 5 rings (SSSR count). The number of aromatic nitrogens is 1. The van der Waals surface area contributed by atoms with E-state index in [1.54, 1.807) is 44.2 Å². The Hall–Kier alpha value is -3.18. The number of carbonyl (C=O) groups is 2. The minimum Gasteiger partial charge on any atom is -0.358 e. The summed E-state index contributed by atoms with van der Waals surface area (Å²) in [5.74, 6) is -1.02. The van der Waals surface area contributed by atoms with Gasteiger partial charge in [0.05, 0.1) is 21.8 Å². The topological polar surface area (TPSA) is 111 Å². The molecule has 2 aromatic carbocycles. The number of amides is 2. The summed E-state index contributed by atoms with van der Waals surface area (Å²) < 4.78 is 40.0. The molecule has 8 nitrogen and oxygen atoms in total. The normalized spacial score (nSPS) is 17.0. The molecule has 12 heteroatoms. The van der Waals surface area contributed by atoms with E-state index in [-0.39, 0.29) is 32.3 Å². The molecule has 42 heavy (non-hydrogen) atoms. The predicted molar refractivity (Wildman–Crippen MR) is 163 cm³/mol. The maximum atomic E-state index is 13.4. The number of aryl methyl sites for hydroxylation is 1. The fourth-order valence-corrected chi connectivity index (χ4v) is 7.51. The van der Waals surface area contributed by atoms with Gasteiger partial charge in [0.2, 0.25) is 0 Å². The second kappa shape index (κ2) is 12.2. The van der Waals surface area contributed by atoms with E-state index in [9.17, 15) is 22.4 Å². The summed E-state index contributed by atoms with van der Waals surface area (Å²) >= 11 is 12.4. The lowest BCUT2D eigenvalue weighted by Gasteiger charge is -2.28. The Morgan fingerprint density at radius 2 is 1.83 bits per heavy atom. The van der Waals surface area contributed by atoms with Gasteiger partial charge in [0.25, 0.3) is 11.8 Å². The van der Waals surface area contributed by atoms with Gasteiger partial charge in [-0.3, -0.25) is 9.59 Å². The highest BCUT2D eigenvalue weighted by molar-refractivity contribution is 7.90. The van der Waals surface area contributed by atoms with E-state index in [1.165, 1.54) is 12.1 Å². The third-order valence-electron chi connectivity index (χ3n) is 7.75. The summed E-state index contributed by atoms with van der Waals surface area (Å²) in [5.41, 5.74) is 3.84. The first-order valence-electron chi connectivity index (χ1n) is 13.6. The summed E-state index contributed by atoms with van der Waals surface area (Å²) in [7, 11) is -3.85. The van der Waals surface area contributed by atoms with Crippen molar-refractivity contribution in [2.75, 3.05) is 31.5 Å². The van der Waals surface area contributed by atoms with Crippen molar-refractivity contribution in [3.05, 3.63) is 80.1 Å². The van der Waals surface area contributed by atoms with Gasteiger partial charge in [-0.15, -0.1) is 0 Å². The van der Waals surface area contributed by atoms with Gasteiger partial charge >= 0.3 is 0 Å². The molecule has 0 saturated carbocycles. The Morgan fingerprint density at radius 1 is 1.14 bits per heavy atom. The van der Waals surface area contributed by atoms with Crippen molar-refractivity contribution in [3.8, 4) is 0 Å². The van der Waals surface area contributed by atoms with Crippen molar-refractivity contribution < 1.29 is 22.4 Å². The Kier molecular flexibility index (Phi) is 8.80. The lowest BCUT2D eigenvalue weighted by molar-refractivity contribution is -0.110. The maximum absolute atomic E-state index is 13.4. The summed E-state index contributed by atoms with van der Waals surface area (Å²) in [6, 6.07) is 9.25. The van der Waals surface area contributed by atoms with Gasteiger partial charge in [-0.2, -0.15) is 0 Å². The quantitative estimate of drug-likeness (QED) is 0.281. The molecular weight excluding hydrogens is 602 g/mol. The summed E-state index contributed by atoms with van der Waals surface area (Å²) in [5, 5.41) is 6.22. The molecule has 222 valence electrons. The maximum Gasteiger partial charge on any atom is 0.256 e. The van der Waals surface area contributed by atoms with E-state index >= 15 is 0 Å². The van der Waals surface area contributed by atoms with Gasteiger partial charge in [-0.25, -0.2) is 12.8 Å². The minimum absolute atomic E-state index is 0.0230. The van der Waals surface area contributed by atoms with E-state index in [4.69, 9.17) is 23.2 Å². The fraction of sp³-hybridized carbons (Fsp3) is 0.333. The zero-order valence-electron chi connectivity index (χ0n) is 23.2. The van der Waals surface area contributed by atoms with Crippen molar-refractivity contribution in [2.45, 2.75) is 43.5 Å². The number of H-pyrrole nitrogens is 1. The van der Waals surface area contributed by atoms with Crippen molar-refractivity contribution in [3.63, 3.8) is 0 Å². The number of likely N-dealkylation sites (tertiary alicyclic amines) is 1. The van der Waals surface area contributed by atoms with E-state index in [0.717, 1.165) is 0 Å². The van der Waals surface area contributed by atoms with Gasteiger partial charge < -0.3 is 20.5 Å². The number of carbonyl (C=O) groups excluding carboxylic acids is 2. The number of nitrogens with one attached hydrogen (secondary N) is 3. The van der Waals surface area contributed by atoms with Crippen LogP contribution in [0.4, 0.5) is 10.1 Å². The smallest absolute Gasteiger partial charge is 0.256 e. The average Bonchev–Trinajstić information content (AvgIpc) is 3.41. The standard InChI is InChI=1S/C30H31Cl2FN4O4S/c1-17-27(35-18(2)28(17)30(39)34-10-13-37-11-8-19(33)9-12-37)15-22-21-14-20(6-7-26(21)36-29(22)38)42(40,41)16-23-24(31)4-3-5-25(23)32/h3-7,14-15,19,35H,8-13,16H2,1-2H3,(H,34,39)(H,36,38)/b22-15-. The van der Waals surface area contributed by atoms with Crippen LogP contribution in [0.2, 0.25) is 10.0 Å². The number of hydrogen-bond acceptors (Lipinski definition) is 5. The second-order valence-electron chi connectivity index (χ2n) is 10.6. The second-order valence-corrected chi connectivity index (χ2v) is 13.4. The third-order valence-corrected chi connectivity index (χ3v) is 10.1. The molecule has 3 aromatic rings. The fourth-order valence-electron chi connectivity index (χ4n) is 5.39. The Balaban J connectivity index is 1.37. The van der Waals surface area contributed by atoms with E-state index < -0.39 is 21.8 Å². The molecule has 2 amide bonds. The molecule has 1 saturated heterocycles. The van der Waals surface area contributed by atoms with Gasteiger partial charge in [0.1, 0.15) is 6.17 Å². The first-order chi connectivity index (χ1) is 19.9. The third kappa shape index (κ3) is 6.27. The zero-order chi connectivity index (χ0) is 30.2. The number of nitrogens with zero attached hydrogens (tertiary/aromatic N) is 1. The average molecular weight is 634 g/mol. The molecule has 3 heterocycles.